The Hall–Kier alpha value is -1.46. The zero-order chi connectivity index (χ0) is 14.7. The minimum Gasteiger partial charge on any atom is -0.383 e. The van der Waals surface area contributed by atoms with Crippen molar-refractivity contribution >= 4 is 21.7 Å². The molecule has 2 rings (SSSR count). The van der Waals surface area contributed by atoms with Crippen molar-refractivity contribution < 1.29 is 4.39 Å². The second kappa shape index (κ2) is 6.33. The lowest BCUT2D eigenvalue weighted by molar-refractivity contribution is 0.607. The molecule has 1 atom stereocenters. The third-order valence-electron chi connectivity index (χ3n) is 3.21. The summed E-state index contributed by atoms with van der Waals surface area (Å²) in [6, 6.07) is 6.80. The van der Waals surface area contributed by atoms with Gasteiger partial charge in [-0.2, -0.15) is 0 Å². The number of halogens is 2. The molecule has 1 aromatic heterocycles. The summed E-state index contributed by atoms with van der Waals surface area (Å²) in [5.74, 6) is 0.219. The molecule has 0 radical (unpaired) electrons. The number of hydrogen-bond acceptors (Lipinski definition) is 3. The van der Waals surface area contributed by atoms with E-state index in [0.29, 0.717) is 10.3 Å². The molecule has 1 aromatic carbocycles. The van der Waals surface area contributed by atoms with Crippen LogP contribution < -0.4 is 11.1 Å². The van der Waals surface area contributed by atoms with Crippen molar-refractivity contribution in [2.75, 3.05) is 12.3 Å². The van der Waals surface area contributed by atoms with Gasteiger partial charge < -0.3 is 11.1 Å². The fourth-order valence-electron chi connectivity index (χ4n) is 2.25. The fraction of sp³-hybridized carbons (Fsp3) is 0.267. The van der Waals surface area contributed by atoms with Gasteiger partial charge in [-0.3, -0.25) is 0 Å². The number of aryl methyl sites for hydroxylation is 1. The van der Waals surface area contributed by atoms with Crippen LogP contribution in [-0.4, -0.2) is 11.5 Å². The second-order valence-electron chi connectivity index (χ2n) is 4.59. The summed E-state index contributed by atoms with van der Waals surface area (Å²) in [4.78, 5) is 4.16. The van der Waals surface area contributed by atoms with Gasteiger partial charge in [0.05, 0.1) is 10.5 Å². The molecule has 0 saturated carbocycles. The Morgan fingerprint density at radius 3 is 2.75 bits per heavy atom. The molecule has 0 bridgehead atoms. The Balaban J connectivity index is 2.53. The van der Waals surface area contributed by atoms with E-state index < -0.39 is 0 Å². The Morgan fingerprint density at radius 1 is 1.40 bits per heavy atom. The molecule has 2 aromatic rings. The van der Waals surface area contributed by atoms with Crippen LogP contribution in [0.4, 0.5) is 10.2 Å². The number of aromatic nitrogens is 1. The standard InChI is InChI=1S/C15H17BrFN3/c1-3-19-14(10-4-5-12(17)11(16)8-10)13-9(2)6-7-20-15(13)18/h4-8,14,19H,3H2,1-2H3,(H2,18,20). The van der Waals surface area contributed by atoms with E-state index in [9.17, 15) is 4.39 Å². The van der Waals surface area contributed by atoms with Crippen LogP contribution in [0.15, 0.2) is 34.9 Å². The molecule has 3 nitrogen and oxygen atoms in total. The molecule has 0 fully saturated rings. The summed E-state index contributed by atoms with van der Waals surface area (Å²) in [5, 5.41) is 3.38. The summed E-state index contributed by atoms with van der Waals surface area (Å²) < 4.78 is 13.8. The Kier molecular flexibility index (Phi) is 4.73. The van der Waals surface area contributed by atoms with Crippen LogP contribution >= 0.6 is 15.9 Å². The first kappa shape index (κ1) is 14.9. The molecular weight excluding hydrogens is 321 g/mol. The van der Waals surface area contributed by atoms with E-state index in [1.807, 2.05) is 19.9 Å². The van der Waals surface area contributed by atoms with Gasteiger partial charge in [0.1, 0.15) is 11.6 Å². The highest BCUT2D eigenvalue weighted by Crippen LogP contribution is 2.30. The van der Waals surface area contributed by atoms with Crippen molar-refractivity contribution in [1.29, 1.82) is 0 Å². The Morgan fingerprint density at radius 2 is 2.15 bits per heavy atom. The average Bonchev–Trinajstić information content (AvgIpc) is 2.41. The lowest BCUT2D eigenvalue weighted by atomic mass is 9.95. The highest BCUT2D eigenvalue weighted by molar-refractivity contribution is 9.10. The normalized spacial score (nSPS) is 12.4. The molecule has 0 aliphatic rings. The van der Waals surface area contributed by atoms with Crippen LogP contribution in [0, 0.1) is 12.7 Å². The maximum absolute atomic E-state index is 13.4. The molecule has 20 heavy (non-hydrogen) atoms. The highest BCUT2D eigenvalue weighted by atomic mass is 79.9. The minimum atomic E-state index is -0.278. The quantitative estimate of drug-likeness (QED) is 0.896. The molecule has 5 heteroatoms. The van der Waals surface area contributed by atoms with Gasteiger partial charge in [-0.1, -0.05) is 13.0 Å². The van der Waals surface area contributed by atoms with Crippen molar-refractivity contribution in [2.24, 2.45) is 0 Å². The second-order valence-corrected chi connectivity index (χ2v) is 5.45. The van der Waals surface area contributed by atoms with E-state index in [2.05, 4.69) is 26.2 Å². The van der Waals surface area contributed by atoms with Crippen molar-refractivity contribution in [2.45, 2.75) is 19.9 Å². The van der Waals surface area contributed by atoms with E-state index in [0.717, 1.165) is 23.2 Å². The molecule has 0 saturated heterocycles. The maximum Gasteiger partial charge on any atom is 0.137 e. The van der Waals surface area contributed by atoms with E-state index in [1.54, 1.807) is 18.3 Å². The molecule has 0 amide bonds. The third kappa shape index (κ3) is 2.99. The molecule has 0 spiro atoms. The molecule has 0 aliphatic heterocycles. The van der Waals surface area contributed by atoms with Gasteiger partial charge in [-0.25, -0.2) is 9.37 Å². The first-order chi connectivity index (χ1) is 9.54. The number of hydrogen-bond donors (Lipinski definition) is 2. The topological polar surface area (TPSA) is 50.9 Å². The van der Waals surface area contributed by atoms with Crippen LogP contribution in [-0.2, 0) is 0 Å². The van der Waals surface area contributed by atoms with Crippen LogP contribution in [0.5, 0.6) is 0 Å². The van der Waals surface area contributed by atoms with Gasteiger partial charge in [0.2, 0.25) is 0 Å². The Labute approximate surface area is 126 Å². The van der Waals surface area contributed by atoms with E-state index >= 15 is 0 Å². The van der Waals surface area contributed by atoms with E-state index in [1.165, 1.54) is 6.07 Å². The molecule has 1 unspecified atom stereocenters. The van der Waals surface area contributed by atoms with Crippen LogP contribution in [0.2, 0.25) is 0 Å². The van der Waals surface area contributed by atoms with E-state index in [4.69, 9.17) is 5.73 Å². The SMILES string of the molecule is CCNC(c1ccc(F)c(Br)c1)c1c(C)ccnc1N. The van der Waals surface area contributed by atoms with Gasteiger partial charge in [0.15, 0.2) is 0 Å². The number of rotatable bonds is 4. The number of nitrogens with two attached hydrogens (primary N) is 1. The van der Waals surface area contributed by atoms with Crippen LogP contribution in [0.25, 0.3) is 0 Å². The molecule has 106 valence electrons. The predicted molar refractivity (Wildman–Crippen MR) is 83.0 cm³/mol. The summed E-state index contributed by atoms with van der Waals surface area (Å²) in [6.07, 6.45) is 1.69. The first-order valence-electron chi connectivity index (χ1n) is 6.44. The average molecular weight is 338 g/mol. The van der Waals surface area contributed by atoms with Crippen molar-refractivity contribution in [3.05, 3.63) is 57.4 Å². The van der Waals surface area contributed by atoms with Crippen molar-refractivity contribution in [3.63, 3.8) is 0 Å². The monoisotopic (exact) mass is 337 g/mol. The summed E-state index contributed by atoms with van der Waals surface area (Å²) in [6.45, 7) is 4.79. The van der Waals surface area contributed by atoms with E-state index in [-0.39, 0.29) is 11.9 Å². The number of pyridine rings is 1. The fourth-order valence-corrected chi connectivity index (χ4v) is 2.65. The number of nitrogens with one attached hydrogen (secondary N) is 1. The number of nitrogens with zero attached hydrogens (tertiary/aromatic N) is 1. The van der Waals surface area contributed by atoms with Gasteiger partial charge in [-0.15, -0.1) is 0 Å². The van der Waals surface area contributed by atoms with Crippen LogP contribution in [0.1, 0.15) is 29.7 Å². The third-order valence-corrected chi connectivity index (χ3v) is 3.82. The zero-order valence-corrected chi connectivity index (χ0v) is 13.0. The minimum absolute atomic E-state index is 0.106. The number of nitrogen functional groups attached to an aromatic ring is 1. The largest absolute Gasteiger partial charge is 0.383 e. The van der Waals surface area contributed by atoms with Crippen molar-refractivity contribution in [1.82, 2.24) is 10.3 Å². The van der Waals surface area contributed by atoms with Crippen molar-refractivity contribution in [3.8, 4) is 0 Å². The lowest BCUT2D eigenvalue weighted by Crippen LogP contribution is -2.24. The zero-order valence-electron chi connectivity index (χ0n) is 11.5. The van der Waals surface area contributed by atoms with Gasteiger partial charge in [0.25, 0.3) is 0 Å². The number of benzene rings is 1. The molecule has 1 heterocycles. The molecular formula is C15H17BrFN3. The predicted octanol–water partition coefficient (Wildman–Crippen LogP) is 3.57. The molecule has 3 N–H and O–H groups in total. The summed E-state index contributed by atoms with van der Waals surface area (Å²) in [5.41, 5.74) is 8.97. The highest BCUT2D eigenvalue weighted by Gasteiger charge is 2.19. The first-order valence-corrected chi connectivity index (χ1v) is 7.23. The number of anilines is 1. The summed E-state index contributed by atoms with van der Waals surface area (Å²) >= 11 is 3.23. The van der Waals surface area contributed by atoms with Gasteiger partial charge >= 0.3 is 0 Å². The summed E-state index contributed by atoms with van der Waals surface area (Å²) in [7, 11) is 0. The van der Waals surface area contributed by atoms with Gasteiger partial charge in [-0.05, 0) is 58.7 Å². The lowest BCUT2D eigenvalue weighted by Gasteiger charge is -2.22. The molecule has 0 aliphatic carbocycles. The van der Waals surface area contributed by atoms with Crippen LogP contribution in [0.3, 0.4) is 0 Å². The Bertz CT molecular complexity index is 596. The van der Waals surface area contributed by atoms with Gasteiger partial charge in [0, 0.05) is 11.8 Å². The smallest absolute Gasteiger partial charge is 0.137 e. The maximum atomic E-state index is 13.4.